The van der Waals surface area contributed by atoms with Crippen LogP contribution in [0, 0.1) is 0 Å². The van der Waals surface area contributed by atoms with Crippen LogP contribution in [0.5, 0.6) is 0 Å². The van der Waals surface area contributed by atoms with Crippen molar-refractivity contribution < 1.29 is 0 Å². The molecule has 0 aliphatic carbocycles. The average Bonchev–Trinajstić information content (AvgIpc) is 2.73. The van der Waals surface area contributed by atoms with Crippen molar-refractivity contribution in [1.29, 1.82) is 0 Å². The van der Waals surface area contributed by atoms with Gasteiger partial charge in [-0.2, -0.15) is 15.0 Å². The molecule has 1 aromatic heterocycles. The molecule has 84 valence electrons. The molecule has 5 heteroatoms. The van der Waals surface area contributed by atoms with Gasteiger partial charge in [-0.05, 0) is 44.1 Å². The number of hydrogen-bond donors (Lipinski definition) is 1. The summed E-state index contributed by atoms with van der Waals surface area (Å²) in [5.41, 5.74) is 1.80. The van der Waals surface area contributed by atoms with Crippen LogP contribution in [0.1, 0.15) is 18.9 Å². The third-order valence-corrected chi connectivity index (χ3v) is 3.23. The van der Waals surface area contributed by atoms with E-state index in [9.17, 15) is 0 Å². The number of fused-ring (bicyclic) bond motifs is 1. The van der Waals surface area contributed by atoms with Crippen LogP contribution < -0.4 is 5.32 Å². The minimum Gasteiger partial charge on any atom is -0.317 e. The van der Waals surface area contributed by atoms with E-state index in [0.717, 1.165) is 37.0 Å². The van der Waals surface area contributed by atoms with E-state index in [2.05, 4.69) is 15.5 Å². The van der Waals surface area contributed by atoms with Crippen molar-refractivity contribution in [3.63, 3.8) is 0 Å². The number of hydrogen-bond acceptors (Lipinski definition) is 3. The van der Waals surface area contributed by atoms with Gasteiger partial charge in [0.15, 0.2) is 0 Å². The van der Waals surface area contributed by atoms with E-state index >= 15 is 0 Å². The van der Waals surface area contributed by atoms with Crippen LogP contribution in [0.25, 0.3) is 11.0 Å². The molecular formula is C11H13ClN4. The first kappa shape index (κ1) is 10.1. The molecular weight excluding hydrogens is 224 g/mol. The van der Waals surface area contributed by atoms with Gasteiger partial charge in [0.25, 0.3) is 0 Å². The highest BCUT2D eigenvalue weighted by Crippen LogP contribution is 2.20. The first-order valence-electron chi connectivity index (χ1n) is 5.56. The zero-order valence-electron chi connectivity index (χ0n) is 8.86. The summed E-state index contributed by atoms with van der Waals surface area (Å²) >= 11 is 5.93. The maximum Gasteiger partial charge on any atom is 0.114 e. The Morgan fingerprint density at radius 1 is 1.19 bits per heavy atom. The minimum atomic E-state index is 0.424. The van der Waals surface area contributed by atoms with Crippen molar-refractivity contribution in [2.45, 2.75) is 18.9 Å². The number of halogens is 1. The van der Waals surface area contributed by atoms with Gasteiger partial charge < -0.3 is 5.32 Å². The quantitative estimate of drug-likeness (QED) is 0.824. The Morgan fingerprint density at radius 2 is 1.94 bits per heavy atom. The zero-order chi connectivity index (χ0) is 11.0. The summed E-state index contributed by atoms with van der Waals surface area (Å²) in [4.78, 5) is 1.85. The van der Waals surface area contributed by atoms with Gasteiger partial charge in [0.1, 0.15) is 11.0 Å². The number of benzene rings is 1. The second-order valence-corrected chi connectivity index (χ2v) is 4.57. The standard InChI is InChI=1S/C11H13ClN4/c12-8-1-2-10-11(7-8)15-16(14-10)9-3-5-13-6-4-9/h1-2,7,9,13H,3-6H2. The minimum absolute atomic E-state index is 0.424. The molecule has 0 radical (unpaired) electrons. The second kappa shape index (κ2) is 4.03. The summed E-state index contributed by atoms with van der Waals surface area (Å²) in [5, 5.41) is 13.0. The molecule has 0 amide bonds. The summed E-state index contributed by atoms with van der Waals surface area (Å²) < 4.78 is 0. The van der Waals surface area contributed by atoms with Crippen LogP contribution in [0.3, 0.4) is 0 Å². The molecule has 1 aromatic carbocycles. The molecule has 0 spiro atoms. The maximum absolute atomic E-state index is 5.93. The Hall–Kier alpha value is -1.13. The highest BCUT2D eigenvalue weighted by Gasteiger charge is 2.17. The lowest BCUT2D eigenvalue weighted by molar-refractivity contribution is 0.316. The summed E-state index contributed by atoms with van der Waals surface area (Å²) in [7, 11) is 0. The normalized spacial score (nSPS) is 18.1. The molecule has 0 unspecified atom stereocenters. The fourth-order valence-corrected chi connectivity index (χ4v) is 2.27. The number of piperidine rings is 1. The average molecular weight is 237 g/mol. The fraction of sp³-hybridized carbons (Fsp3) is 0.455. The number of nitrogens with zero attached hydrogens (tertiary/aromatic N) is 3. The summed E-state index contributed by atoms with van der Waals surface area (Å²) in [6.45, 7) is 2.09. The van der Waals surface area contributed by atoms with Gasteiger partial charge in [-0.15, -0.1) is 0 Å². The first-order valence-corrected chi connectivity index (χ1v) is 5.93. The third-order valence-electron chi connectivity index (χ3n) is 2.99. The predicted octanol–water partition coefficient (Wildman–Crippen LogP) is 2.01. The number of rotatable bonds is 1. The van der Waals surface area contributed by atoms with Gasteiger partial charge in [0.05, 0.1) is 6.04 Å². The molecule has 2 aromatic rings. The van der Waals surface area contributed by atoms with E-state index in [0.29, 0.717) is 11.1 Å². The van der Waals surface area contributed by atoms with E-state index in [1.54, 1.807) is 0 Å². The van der Waals surface area contributed by atoms with Crippen molar-refractivity contribution in [3.8, 4) is 0 Å². The number of nitrogens with one attached hydrogen (secondary N) is 1. The van der Waals surface area contributed by atoms with Crippen molar-refractivity contribution in [1.82, 2.24) is 20.3 Å². The monoisotopic (exact) mass is 236 g/mol. The third kappa shape index (κ3) is 1.79. The molecule has 0 bridgehead atoms. The van der Waals surface area contributed by atoms with Gasteiger partial charge in [-0.25, -0.2) is 0 Å². The van der Waals surface area contributed by atoms with Gasteiger partial charge >= 0.3 is 0 Å². The van der Waals surface area contributed by atoms with Gasteiger partial charge in [-0.1, -0.05) is 11.6 Å². The Labute approximate surface area is 98.6 Å². The van der Waals surface area contributed by atoms with Crippen LogP contribution in [-0.4, -0.2) is 28.1 Å². The largest absolute Gasteiger partial charge is 0.317 e. The van der Waals surface area contributed by atoms with E-state index in [-0.39, 0.29) is 0 Å². The molecule has 1 N–H and O–H groups in total. The lowest BCUT2D eigenvalue weighted by atomic mass is 10.1. The summed E-state index contributed by atoms with van der Waals surface area (Å²) in [6, 6.07) is 6.06. The van der Waals surface area contributed by atoms with E-state index in [1.807, 2.05) is 23.0 Å². The van der Waals surface area contributed by atoms with Crippen molar-refractivity contribution >= 4 is 22.6 Å². The predicted molar refractivity (Wildman–Crippen MR) is 63.7 cm³/mol. The fourth-order valence-electron chi connectivity index (χ4n) is 2.11. The zero-order valence-corrected chi connectivity index (χ0v) is 9.61. The Balaban J connectivity index is 1.97. The van der Waals surface area contributed by atoms with Crippen molar-refractivity contribution in [2.24, 2.45) is 0 Å². The molecule has 0 atom stereocenters. The van der Waals surface area contributed by atoms with Gasteiger partial charge in [0, 0.05) is 5.02 Å². The summed E-state index contributed by atoms with van der Waals surface area (Å²) in [6.07, 6.45) is 2.18. The number of aromatic nitrogens is 3. The Bertz CT molecular complexity index is 502. The molecule has 1 saturated heterocycles. The van der Waals surface area contributed by atoms with E-state index < -0.39 is 0 Å². The Kier molecular flexibility index (Phi) is 2.53. The van der Waals surface area contributed by atoms with Crippen LogP contribution in [-0.2, 0) is 0 Å². The van der Waals surface area contributed by atoms with Gasteiger partial charge in [-0.3, -0.25) is 0 Å². The molecule has 4 nitrogen and oxygen atoms in total. The SMILES string of the molecule is Clc1ccc2nn(C3CCNCC3)nc2c1. The highest BCUT2D eigenvalue weighted by atomic mass is 35.5. The van der Waals surface area contributed by atoms with Crippen LogP contribution >= 0.6 is 11.6 Å². The second-order valence-electron chi connectivity index (χ2n) is 4.13. The lowest BCUT2D eigenvalue weighted by Crippen LogP contribution is -2.30. The van der Waals surface area contributed by atoms with Crippen LogP contribution in [0.2, 0.25) is 5.02 Å². The molecule has 16 heavy (non-hydrogen) atoms. The van der Waals surface area contributed by atoms with E-state index in [1.165, 1.54) is 0 Å². The topological polar surface area (TPSA) is 42.7 Å². The van der Waals surface area contributed by atoms with Gasteiger partial charge in [0.2, 0.25) is 0 Å². The van der Waals surface area contributed by atoms with E-state index in [4.69, 9.17) is 11.6 Å². The lowest BCUT2D eigenvalue weighted by Gasteiger charge is -2.21. The first-order chi connectivity index (χ1) is 7.83. The molecule has 1 aliphatic rings. The van der Waals surface area contributed by atoms with Crippen molar-refractivity contribution in [3.05, 3.63) is 23.2 Å². The van der Waals surface area contributed by atoms with Crippen molar-refractivity contribution in [2.75, 3.05) is 13.1 Å². The molecule has 2 heterocycles. The van der Waals surface area contributed by atoms with Crippen LogP contribution in [0.4, 0.5) is 0 Å². The maximum atomic E-state index is 5.93. The Morgan fingerprint density at radius 3 is 2.75 bits per heavy atom. The highest BCUT2D eigenvalue weighted by molar-refractivity contribution is 6.31. The molecule has 3 rings (SSSR count). The molecule has 0 saturated carbocycles. The van der Waals surface area contributed by atoms with Crippen LogP contribution in [0.15, 0.2) is 18.2 Å². The summed E-state index contributed by atoms with van der Waals surface area (Å²) in [5.74, 6) is 0. The smallest absolute Gasteiger partial charge is 0.114 e. The molecule has 1 aliphatic heterocycles. The molecule has 1 fully saturated rings.